The highest BCUT2D eigenvalue weighted by Crippen LogP contribution is 2.28. The minimum atomic E-state index is 0.0131. The van der Waals surface area contributed by atoms with Gasteiger partial charge in [0.05, 0.1) is 5.69 Å². The van der Waals surface area contributed by atoms with Crippen molar-refractivity contribution in [3.05, 3.63) is 77.5 Å². The fraction of sp³-hybridized carbons (Fsp3) is 0.250. The number of benzene rings is 2. The summed E-state index contributed by atoms with van der Waals surface area (Å²) in [6, 6.07) is 17.8. The number of aromatic nitrogens is 2. The number of nitrogen functional groups attached to an aromatic ring is 1. The molecule has 158 valence electrons. The molecule has 3 aromatic rings. The molecule has 1 saturated heterocycles. The highest BCUT2D eigenvalue weighted by atomic mass is 16.5. The zero-order valence-corrected chi connectivity index (χ0v) is 17.3. The molecule has 0 spiro atoms. The number of carbonyl (C=O) groups is 2. The molecule has 2 N–H and O–H groups in total. The maximum atomic E-state index is 12.9. The van der Waals surface area contributed by atoms with E-state index in [1.54, 1.807) is 54.6 Å². The van der Waals surface area contributed by atoms with E-state index in [9.17, 15) is 9.59 Å². The van der Waals surface area contributed by atoms with Crippen LogP contribution in [0.3, 0.4) is 0 Å². The van der Waals surface area contributed by atoms with Crippen LogP contribution in [0.25, 0.3) is 0 Å². The number of piperidine rings is 1. The van der Waals surface area contributed by atoms with Gasteiger partial charge in [0.2, 0.25) is 0 Å². The average Bonchev–Trinajstić information content (AvgIpc) is 2.80. The molecule has 1 fully saturated rings. The Hall–Kier alpha value is -3.74. The first kappa shape index (κ1) is 20.5. The Balaban J connectivity index is 1.34. The highest BCUT2D eigenvalue weighted by molar-refractivity contribution is 5.94. The minimum absolute atomic E-state index is 0.0131. The lowest BCUT2D eigenvalue weighted by atomic mass is 9.93. The smallest absolute Gasteiger partial charge is 0.253 e. The van der Waals surface area contributed by atoms with Gasteiger partial charge in [0.25, 0.3) is 5.91 Å². The standard InChI is InChI=1S/C24H24N4O3/c1-16(29)17-2-6-20(7-3-17)31-21-8-4-19(5-9-21)24(30)28-14-12-18(13-15-28)22-10-11-23(25)27-26-22/h2-11,18H,12-15H2,1H3,(H2,25,27). The molecule has 0 atom stereocenters. The average molecular weight is 416 g/mol. The second-order valence-corrected chi connectivity index (χ2v) is 7.66. The first-order valence-electron chi connectivity index (χ1n) is 10.3. The van der Waals surface area contributed by atoms with Crippen molar-refractivity contribution in [1.82, 2.24) is 15.1 Å². The second-order valence-electron chi connectivity index (χ2n) is 7.66. The van der Waals surface area contributed by atoms with Crippen molar-refractivity contribution in [2.45, 2.75) is 25.7 Å². The Labute approximate surface area is 180 Å². The van der Waals surface area contributed by atoms with Gasteiger partial charge in [-0.1, -0.05) is 0 Å². The monoisotopic (exact) mass is 416 g/mol. The zero-order chi connectivity index (χ0) is 21.8. The Bertz CT molecular complexity index is 1060. The van der Waals surface area contributed by atoms with Crippen molar-refractivity contribution in [2.24, 2.45) is 0 Å². The number of anilines is 1. The molecule has 7 nitrogen and oxygen atoms in total. The van der Waals surface area contributed by atoms with Crippen LogP contribution in [0.2, 0.25) is 0 Å². The van der Waals surface area contributed by atoms with E-state index in [0.717, 1.165) is 18.5 Å². The van der Waals surface area contributed by atoms with Crippen molar-refractivity contribution in [3.8, 4) is 11.5 Å². The Morgan fingerprint density at radius 3 is 1.97 bits per heavy atom. The summed E-state index contributed by atoms with van der Waals surface area (Å²) in [6.07, 6.45) is 1.70. The van der Waals surface area contributed by atoms with Gasteiger partial charge in [0, 0.05) is 30.1 Å². The van der Waals surface area contributed by atoms with Gasteiger partial charge in [0.15, 0.2) is 5.78 Å². The third-order valence-corrected chi connectivity index (χ3v) is 5.50. The number of carbonyl (C=O) groups excluding carboxylic acids is 2. The van der Waals surface area contributed by atoms with E-state index in [-0.39, 0.29) is 11.7 Å². The van der Waals surface area contributed by atoms with Crippen molar-refractivity contribution in [1.29, 1.82) is 0 Å². The van der Waals surface area contributed by atoms with Gasteiger partial charge in [-0.05, 0) is 80.4 Å². The Morgan fingerprint density at radius 1 is 0.871 bits per heavy atom. The van der Waals surface area contributed by atoms with Crippen molar-refractivity contribution >= 4 is 17.5 Å². The van der Waals surface area contributed by atoms with Crippen molar-refractivity contribution in [2.75, 3.05) is 18.8 Å². The predicted molar refractivity (Wildman–Crippen MR) is 117 cm³/mol. The molecule has 2 heterocycles. The molecule has 1 amide bonds. The van der Waals surface area contributed by atoms with Crippen LogP contribution in [0.15, 0.2) is 60.7 Å². The maximum absolute atomic E-state index is 12.9. The normalized spacial score (nSPS) is 14.3. The van der Waals surface area contributed by atoms with Crippen LogP contribution < -0.4 is 10.5 Å². The summed E-state index contributed by atoms with van der Waals surface area (Å²) < 4.78 is 5.81. The van der Waals surface area contributed by atoms with E-state index >= 15 is 0 Å². The van der Waals surface area contributed by atoms with Gasteiger partial charge in [-0.25, -0.2) is 0 Å². The lowest BCUT2D eigenvalue weighted by Crippen LogP contribution is -2.38. The summed E-state index contributed by atoms with van der Waals surface area (Å²) in [5.74, 6) is 2.00. The van der Waals surface area contributed by atoms with Crippen LogP contribution in [0.4, 0.5) is 5.82 Å². The van der Waals surface area contributed by atoms with Crippen LogP contribution in [-0.2, 0) is 0 Å². The molecule has 1 aromatic heterocycles. The van der Waals surface area contributed by atoms with Crippen LogP contribution in [-0.4, -0.2) is 39.9 Å². The first-order valence-corrected chi connectivity index (χ1v) is 10.3. The topological polar surface area (TPSA) is 98.4 Å². The summed E-state index contributed by atoms with van der Waals surface area (Å²) in [6.45, 7) is 2.88. The summed E-state index contributed by atoms with van der Waals surface area (Å²) >= 11 is 0. The SMILES string of the molecule is CC(=O)c1ccc(Oc2ccc(C(=O)N3CCC(c4ccc(N)nn4)CC3)cc2)cc1. The van der Waals surface area contributed by atoms with E-state index in [1.807, 2.05) is 11.0 Å². The molecule has 1 aliphatic rings. The predicted octanol–water partition coefficient (Wildman–Crippen LogP) is 4.07. The molecule has 2 aromatic carbocycles. The minimum Gasteiger partial charge on any atom is -0.457 e. The van der Waals surface area contributed by atoms with Gasteiger partial charge in [0.1, 0.15) is 17.3 Å². The van der Waals surface area contributed by atoms with E-state index in [0.29, 0.717) is 47.5 Å². The molecule has 7 heteroatoms. The zero-order valence-electron chi connectivity index (χ0n) is 17.3. The van der Waals surface area contributed by atoms with Gasteiger partial charge in [-0.15, -0.1) is 5.10 Å². The first-order chi connectivity index (χ1) is 15.0. The second kappa shape index (κ2) is 8.95. The quantitative estimate of drug-likeness (QED) is 0.630. The third-order valence-electron chi connectivity index (χ3n) is 5.50. The number of rotatable bonds is 5. The summed E-state index contributed by atoms with van der Waals surface area (Å²) in [4.78, 5) is 26.1. The van der Waals surface area contributed by atoms with E-state index in [2.05, 4.69) is 10.2 Å². The van der Waals surface area contributed by atoms with Crippen LogP contribution >= 0.6 is 0 Å². The summed E-state index contributed by atoms with van der Waals surface area (Å²) in [7, 11) is 0. The largest absolute Gasteiger partial charge is 0.457 e. The molecule has 1 aliphatic heterocycles. The molecule has 31 heavy (non-hydrogen) atoms. The van der Waals surface area contributed by atoms with Gasteiger partial charge in [-0.3, -0.25) is 9.59 Å². The van der Waals surface area contributed by atoms with E-state index in [1.165, 1.54) is 6.92 Å². The van der Waals surface area contributed by atoms with Crippen molar-refractivity contribution in [3.63, 3.8) is 0 Å². The number of amides is 1. The van der Waals surface area contributed by atoms with Crippen LogP contribution in [0.5, 0.6) is 11.5 Å². The molecule has 0 saturated carbocycles. The molecular formula is C24H24N4O3. The number of Topliss-reactive ketones (excluding diaryl/α,β-unsaturated/α-hetero) is 1. The molecule has 0 radical (unpaired) electrons. The fourth-order valence-electron chi connectivity index (χ4n) is 3.69. The Kier molecular flexibility index (Phi) is 5.93. The molecular weight excluding hydrogens is 392 g/mol. The van der Waals surface area contributed by atoms with Crippen LogP contribution in [0, 0.1) is 0 Å². The van der Waals surface area contributed by atoms with Gasteiger partial charge in [-0.2, -0.15) is 5.10 Å². The number of nitrogens with zero attached hydrogens (tertiary/aromatic N) is 3. The fourth-order valence-corrected chi connectivity index (χ4v) is 3.69. The summed E-state index contributed by atoms with van der Waals surface area (Å²) in [5.41, 5.74) is 7.80. The lowest BCUT2D eigenvalue weighted by molar-refractivity contribution is 0.0711. The van der Waals surface area contributed by atoms with Crippen molar-refractivity contribution < 1.29 is 14.3 Å². The molecule has 0 unspecified atom stereocenters. The number of hydrogen-bond acceptors (Lipinski definition) is 6. The third kappa shape index (κ3) is 4.88. The lowest BCUT2D eigenvalue weighted by Gasteiger charge is -2.31. The number of ether oxygens (including phenoxy) is 1. The maximum Gasteiger partial charge on any atom is 0.253 e. The number of nitrogens with two attached hydrogens (primary N) is 1. The van der Waals surface area contributed by atoms with E-state index < -0.39 is 0 Å². The Morgan fingerprint density at radius 2 is 1.45 bits per heavy atom. The van der Waals surface area contributed by atoms with Gasteiger partial charge >= 0.3 is 0 Å². The summed E-state index contributed by atoms with van der Waals surface area (Å²) in [5, 5.41) is 8.10. The number of hydrogen-bond donors (Lipinski definition) is 1. The number of likely N-dealkylation sites (tertiary alicyclic amines) is 1. The molecule has 4 rings (SSSR count). The molecule has 0 bridgehead atoms. The van der Waals surface area contributed by atoms with E-state index in [4.69, 9.17) is 10.5 Å². The van der Waals surface area contributed by atoms with Crippen LogP contribution in [0.1, 0.15) is 52.1 Å². The molecule has 0 aliphatic carbocycles. The number of ketones is 1. The van der Waals surface area contributed by atoms with Gasteiger partial charge < -0.3 is 15.4 Å². The highest BCUT2D eigenvalue weighted by Gasteiger charge is 2.25.